The molecule has 1 rings (SSSR count). The number of nitrogens with two attached hydrogens (primary N) is 1. The number of carbonyl (C=O) groups is 1. The Hall–Kier alpha value is -0.970. The normalized spacial score (nSPS) is 11.8. The second kappa shape index (κ2) is 9.13. The van der Waals surface area contributed by atoms with E-state index in [1.54, 1.807) is 30.1 Å². The zero-order valence-corrected chi connectivity index (χ0v) is 14.5. The summed E-state index contributed by atoms with van der Waals surface area (Å²) in [6, 6.07) is 5.10. The number of halogens is 2. The van der Waals surface area contributed by atoms with Crippen molar-refractivity contribution in [1.29, 1.82) is 0 Å². The van der Waals surface area contributed by atoms with Gasteiger partial charge in [0, 0.05) is 24.7 Å². The van der Waals surface area contributed by atoms with Gasteiger partial charge < -0.3 is 15.4 Å². The van der Waals surface area contributed by atoms with E-state index in [1.807, 2.05) is 0 Å². The number of amides is 1. The quantitative estimate of drug-likeness (QED) is 0.868. The number of carbonyl (C=O) groups excluding carboxylic acids is 1. The Morgan fingerprint density at radius 3 is 2.57 bits per heavy atom. The Kier molecular flexibility index (Phi) is 8.71. The molecule has 0 heterocycles. The molecule has 0 bridgehead atoms. The summed E-state index contributed by atoms with van der Waals surface area (Å²) >= 11 is 5.90. The predicted octanol–water partition coefficient (Wildman–Crippen LogP) is 3.22. The molecule has 0 aliphatic rings. The zero-order chi connectivity index (χ0) is 15.3. The van der Waals surface area contributed by atoms with Crippen molar-refractivity contribution < 1.29 is 9.53 Å². The first-order chi connectivity index (χ1) is 9.36. The van der Waals surface area contributed by atoms with Gasteiger partial charge in [-0.15, -0.1) is 12.4 Å². The summed E-state index contributed by atoms with van der Waals surface area (Å²) in [5, 5.41) is 0.544. The van der Waals surface area contributed by atoms with Crippen LogP contribution in [0.3, 0.4) is 0 Å². The molecule has 2 N–H and O–H groups in total. The van der Waals surface area contributed by atoms with E-state index in [9.17, 15) is 4.79 Å². The monoisotopic (exact) mass is 334 g/mol. The molecule has 0 radical (unpaired) electrons. The molecule has 0 aliphatic heterocycles. The second-order valence-corrected chi connectivity index (χ2v) is 5.70. The standard InChI is InChI=1S/C15H23ClN2O2.ClH/c1-10(2)13(17)7-8-18(3)15(19)12-6-5-11(16)9-14(12)20-4;/h5-6,9-10,13H,7-8,17H2,1-4H3;1H. The van der Waals surface area contributed by atoms with Crippen molar-refractivity contribution in [2.75, 3.05) is 20.7 Å². The fourth-order valence-corrected chi connectivity index (χ4v) is 1.99. The molecule has 0 aliphatic carbocycles. The average molecular weight is 335 g/mol. The maximum atomic E-state index is 12.4. The summed E-state index contributed by atoms with van der Waals surface area (Å²) in [6.45, 7) is 4.77. The SMILES string of the molecule is COc1cc(Cl)ccc1C(=O)N(C)CCC(N)C(C)C.Cl. The predicted molar refractivity (Wildman–Crippen MR) is 89.6 cm³/mol. The Morgan fingerprint density at radius 2 is 2.05 bits per heavy atom. The summed E-state index contributed by atoms with van der Waals surface area (Å²) in [5.74, 6) is 0.806. The van der Waals surface area contributed by atoms with E-state index in [1.165, 1.54) is 7.11 Å². The number of hydrogen-bond acceptors (Lipinski definition) is 3. The highest BCUT2D eigenvalue weighted by Crippen LogP contribution is 2.24. The molecule has 21 heavy (non-hydrogen) atoms. The van der Waals surface area contributed by atoms with Crippen LogP contribution in [0, 0.1) is 5.92 Å². The van der Waals surface area contributed by atoms with Gasteiger partial charge in [-0.3, -0.25) is 4.79 Å². The first kappa shape index (κ1) is 20.0. The molecular formula is C15H24Cl2N2O2. The summed E-state index contributed by atoms with van der Waals surface area (Å²) in [5.41, 5.74) is 6.51. The second-order valence-electron chi connectivity index (χ2n) is 5.27. The fourth-order valence-electron chi connectivity index (χ4n) is 1.82. The number of ether oxygens (including phenoxy) is 1. The molecule has 0 aromatic heterocycles. The van der Waals surface area contributed by atoms with Gasteiger partial charge in [-0.05, 0) is 30.5 Å². The maximum absolute atomic E-state index is 12.4. The molecule has 0 spiro atoms. The Morgan fingerprint density at radius 1 is 1.43 bits per heavy atom. The van der Waals surface area contributed by atoms with Gasteiger partial charge in [-0.25, -0.2) is 0 Å². The van der Waals surface area contributed by atoms with Crippen molar-refractivity contribution in [1.82, 2.24) is 4.90 Å². The zero-order valence-electron chi connectivity index (χ0n) is 12.9. The number of rotatable bonds is 6. The van der Waals surface area contributed by atoms with E-state index in [0.717, 1.165) is 6.42 Å². The van der Waals surface area contributed by atoms with Gasteiger partial charge in [-0.2, -0.15) is 0 Å². The van der Waals surface area contributed by atoms with Gasteiger partial charge in [-0.1, -0.05) is 25.4 Å². The molecule has 4 nitrogen and oxygen atoms in total. The summed E-state index contributed by atoms with van der Waals surface area (Å²) in [4.78, 5) is 14.0. The molecule has 1 amide bonds. The van der Waals surface area contributed by atoms with Crippen molar-refractivity contribution >= 4 is 29.9 Å². The molecule has 1 unspecified atom stereocenters. The fraction of sp³-hybridized carbons (Fsp3) is 0.533. The highest BCUT2D eigenvalue weighted by atomic mass is 35.5. The van der Waals surface area contributed by atoms with Crippen molar-refractivity contribution in [3.05, 3.63) is 28.8 Å². The molecule has 1 aromatic rings. The van der Waals surface area contributed by atoms with E-state index in [4.69, 9.17) is 22.1 Å². The van der Waals surface area contributed by atoms with Crippen LogP contribution in [-0.2, 0) is 0 Å². The maximum Gasteiger partial charge on any atom is 0.257 e. The third-order valence-corrected chi connectivity index (χ3v) is 3.63. The van der Waals surface area contributed by atoms with Crippen molar-refractivity contribution in [2.45, 2.75) is 26.3 Å². The summed E-state index contributed by atoms with van der Waals surface area (Å²) < 4.78 is 5.20. The Bertz CT molecular complexity index is 467. The van der Waals surface area contributed by atoms with Crippen LogP contribution in [0.25, 0.3) is 0 Å². The van der Waals surface area contributed by atoms with E-state index in [-0.39, 0.29) is 24.4 Å². The molecule has 0 saturated carbocycles. The van der Waals surface area contributed by atoms with Crippen LogP contribution in [0.1, 0.15) is 30.6 Å². The lowest BCUT2D eigenvalue weighted by molar-refractivity contribution is 0.0786. The first-order valence-corrected chi connectivity index (χ1v) is 7.09. The van der Waals surface area contributed by atoms with Crippen molar-refractivity contribution in [3.8, 4) is 5.75 Å². The number of benzene rings is 1. The molecule has 120 valence electrons. The lowest BCUT2D eigenvalue weighted by Crippen LogP contribution is -2.34. The lowest BCUT2D eigenvalue weighted by Gasteiger charge is -2.22. The molecule has 0 saturated heterocycles. The van der Waals surface area contributed by atoms with Gasteiger partial charge in [0.25, 0.3) is 5.91 Å². The number of hydrogen-bond donors (Lipinski definition) is 1. The minimum Gasteiger partial charge on any atom is -0.496 e. The first-order valence-electron chi connectivity index (χ1n) is 6.71. The van der Waals surface area contributed by atoms with Crippen LogP contribution in [0.2, 0.25) is 5.02 Å². The third-order valence-electron chi connectivity index (χ3n) is 3.39. The van der Waals surface area contributed by atoms with Gasteiger partial charge >= 0.3 is 0 Å². The van der Waals surface area contributed by atoms with Crippen LogP contribution in [0.5, 0.6) is 5.75 Å². The van der Waals surface area contributed by atoms with Gasteiger partial charge in [0.15, 0.2) is 0 Å². The van der Waals surface area contributed by atoms with Crippen LogP contribution in [0.15, 0.2) is 18.2 Å². The van der Waals surface area contributed by atoms with Gasteiger partial charge in [0.1, 0.15) is 5.75 Å². The third kappa shape index (κ3) is 5.73. The average Bonchev–Trinajstić information content (AvgIpc) is 2.43. The van der Waals surface area contributed by atoms with Crippen LogP contribution >= 0.6 is 24.0 Å². The molecular weight excluding hydrogens is 311 g/mol. The highest BCUT2D eigenvalue weighted by Gasteiger charge is 2.18. The van der Waals surface area contributed by atoms with E-state index in [2.05, 4.69) is 13.8 Å². The molecule has 6 heteroatoms. The summed E-state index contributed by atoms with van der Waals surface area (Å²) in [7, 11) is 3.29. The minimum atomic E-state index is -0.0885. The number of nitrogens with zero attached hydrogens (tertiary/aromatic N) is 1. The smallest absolute Gasteiger partial charge is 0.257 e. The van der Waals surface area contributed by atoms with Crippen molar-refractivity contribution in [2.24, 2.45) is 11.7 Å². The van der Waals surface area contributed by atoms with Gasteiger partial charge in [0.2, 0.25) is 0 Å². The molecule has 0 fully saturated rings. The highest BCUT2D eigenvalue weighted by molar-refractivity contribution is 6.30. The minimum absolute atomic E-state index is 0. The number of methoxy groups -OCH3 is 1. The van der Waals surface area contributed by atoms with Crippen molar-refractivity contribution in [3.63, 3.8) is 0 Å². The largest absolute Gasteiger partial charge is 0.496 e. The lowest BCUT2D eigenvalue weighted by atomic mass is 10.0. The molecule has 1 atom stereocenters. The Labute approximate surface area is 138 Å². The molecule has 1 aromatic carbocycles. The summed E-state index contributed by atoms with van der Waals surface area (Å²) in [6.07, 6.45) is 0.774. The van der Waals surface area contributed by atoms with E-state index < -0.39 is 0 Å². The Balaban J connectivity index is 0.00000400. The van der Waals surface area contributed by atoms with Crippen LogP contribution in [0.4, 0.5) is 0 Å². The topological polar surface area (TPSA) is 55.6 Å². The van der Waals surface area contributed by atoms with E-state index >= 15 is 0 Å². The van der Waals surface area contributed by atoms with E-state index in [0.29, 0.717) is 28.8 Å². The van der Waals surface area contributed by atoms with Crippen LogP contribution < -0.4 is 10.5 Å². The van der Waals surface area contributed by atoms with Crippen LogP contribution in [-0.4, -0.2) is 37.6 Å². The van der Waals surface area contributed by atoms with Gasteiger partial charge in [0.05, 0.1) is 12.7 Å².